The van der Waals surface area contributed by atoms with Gasteiger partial charge in [0.15, 0.2) is 0 Å². The molecular weight excluding hydrogens is 170 g/mol. The molecule has 0 fully saturated rings. The van der Waals surface area contributed by atoms with E-state index in [0.717, 1.165) is 6.42 Å². The molecule has 0 aliphatic carbocycles. The van der Waals surface area contributed by atoms with E-state index in [9.17, 15) is 4.79 Å². The second-order valence-corrected chi connectivity index (χ2v) is 3.38. The summed E-state index contributed by atoms with van der Waals surface area (Å²) in [5, 5.41) is 2.87. The maximum atomic E-state index is 11.1. The molecule has 0 saturated carbocycles. The molecule has 0 aromatic carbocycles. The van der Waals surface area contributed by atoms with Crippen LogP contribution in [0.25, 0.3) is 0 Å². The first kappa shape index (κ1) is 11.4. The molecule has 12 heavy (non-hydrogen) atoms. The first-order chi connectivity index (χ1) is 5.74. The van der Waals surface area contributed by atoms with Crippen molar-refractivity contribution in [2.24, 2.45) is 0 Å². The largest absolute Gasteiger partial charge is 0.352 e. The van der Waals surface area contributed by atoms with Crippen LogP contribution in [0, 0.1) is 12.3 Å². The maximum absolute atomic E-state index is 11.1. The monoisotopic (exact) mass is 185 g/mol. The van der Waals surface area contributed by atoms with Crippen LogP contribution in [0.5, 0.6) is 0 Å². The molecule has 3 heteroatoms. The summed E-state index contributed by atoms with van der Waals surface area (Å²) in [7, 11) is 0. The minimum atomic E-state index is 0.0737. The fraction of sp³-hybridized carbons (Fsp3) is 0.667. The SMILES string of the molecule is C#CCC(CC)NC(=O)CSC. The number of thioether (sulfide) groups is 1. The molecule has 0 spiro atoms. The summed E-state index contributed by atoms with van der Waals surface area (Å²) in [5.41, 5.74) is 0. The Morgan fingerprint density at radius 2 is 2.42 bits per heavy atom. The van der Waals surface area contributed by atoms with E-state index in [4.69, 9.17) is 6.42 Å². The molecule has 1 N–H and O–H groups in total. The van der Waals surface area contributed by atoms with E-state index in [1.807, 2.05) is 13.2 Å². The van der Waals surface area contributed by atoms with Crippen molar-refractivity contribution in [1.82, 2.24) is 5.32 Å². The highest BCUT2D eigenvalue weighted by Gasteiger charge is 2.07. The third-order valence-corrected chi connectivity index (χ3v) is 2.05. The van der Waals surface area contributed by atoms with Crippen LogP contribution in [0.4, 0.5) is 0 Å². The number of hydrogen-bond donors (Lipinski definition) is 1. The van der Waals surface area contributed by atoms with E-state index >= 15 is 0 Å². The van der Waals surface area contributed by atoms with E-state index in [1.165, 1.54) is 11.8 Å². The van der Waals surface area contributed by atoms with Gasteiger partial charge in [0, 0.05) is 12.5 Å². The van der Waals surface area contributed by atoms with Gasteiger partial charge in [-0.25, -0.2) is 0 Å². The van der Waals surface area contributed by atoms with Gasteiger partial charge in [0.25, 0.3) is 0 Å². The van der Waals surface area contributed by atoms with Crippen LogP contribution < -0.4 is 5.32 Å². The predicted octanol–water partition coefficient (Wildman–Crippen LogP) is 1.27. The second-order valence-electron chi connectivity index (χ2n) is 2.51. The number of nitrogens with one attached hydrogen (secondary N) is 1. The Morgan fingerprint density at radius 3 is 2.83 bits per heavy atom. The minimum Gasteiger partial charge on any atom is -0.352 e. The number of carbonyl (C=O) groups excluding carboxylic acids is 1. The predicted molar refractivity (Wildman–Crippen MR) is 54.1 cm³/mol. The Hall–Kier alpha value is -0.620. The van der Waals surface area contributed by atoms with Gasteiger partial charge in [-0.05, 0) is 12.7 Å². The van der Waals surface area contributed by atoms with Crippen molar-refractivity contribution < 1.29 is 4.79 Å². The lowest BCUT2D eigenvalue weighted by Crippen LogP contribution is -2.35. The van der Waals surface area contributed by atoms with Gasteiger partial charge in [-0.3, -0.25) is 4.79 Å². The summed E-state index contributed by atoms with van der Waals surface area (Å²) in [6.07, 6.45) is 8.57. The molecule has 0 saturated heterocycles. The summed E-state index contributed by atoms with van der Waals surface area (Å²) in [6, 6.07) is 0.148. The Kier molecular flexibility index (Phi) is 6.69. The van der Waals surface area contributed by atoms with Crippen LogP contribution in [0.2, 0.25) is 0 Å². The highest BCUT2D eigenvalue weighted by molar-refractivity contribution is 7.99. The average Bonchev–Trinajstić information content (AvgIpc) is 2.04. The molecule has 0 aromatic heterocycles. The van der Waals surface area contributed by atoms with Crippen LogP contribution in [-0.2, 0) is 4.79 Å². The normalized spacial score (nSPS) is 11.8. The Balaban J connectivity index is 3.70. The Labute approximate surface area is 78.5 Å². The van der Waals surface area contributed by atoms with Crippen molar-refractivity contribution >= 4 is 17.7 Å². The van der Waals surface area contributed by atoms with Gasteiger partial charge in [0.2, 0.25) is 5.91 Å². The molecular formula is C9H15NOS. The summed E-state index contributed by atoms with van der Waals surface area (Å²) in [4.78, 5) is 11.1. The second kappa shape index (κ2) is 7.05. The summed E-state index contributed by atoms with van der Waals surface area (Å²) < 4.78 is 0. The van der Waals surface area contributed by atoms with Gasteiger partial charge in [-0.1, -0.05) is 6.92 Å². The molecule has 0 heterocycles. The van der Waals surface area contributed by atoms with Gasteiger partial charge in [0.1, 0.15) is 0 Å². The molecule has 1 amide bonds. The molecule has 0 aromatic rings. The molecule has 1 unspecified atom stereocenters. The van der Waals surface area contributed by atoms with Gasteiger partial charge >= 0.3 is 0 Å². The average molecular weight is 185 g/mol. The molecule has 0 radical (unpaired) electrons. The zero-order valence-corrected chi connectivity index (χ0v) is 8.41. The van der Waals surface area contributed by atoms with Crippen molar-refractivity contribution in [3.8, 4) is 12.3 Å². The van der Waals surface area contributed by atoms with E-state index < -0.39 is 0 Å². The number of rotatable bonds is 5. The first-order valence-electron chi connectivity index (χ1n) is 3.96. The lowest BCUT2D eigenvalue weighted by atomic mass is 10.1. The quantitative estimate of drug-likeness (QED) is 0.653. The fourth-order valence-electron chi connectivity index (χ4n) is 0.840. The smallest absolute Gasteiger partial charge is 0.230 e. The van der Waals surface area contributed by atoms with E-state index in [0.29, 0.717) is 12.2 Å². The molecule has 0 bridgehead atoms. The minimum absolute atomic E-state index is 0.0737. The van der Waals surface area contributed by atoms with E-state index in [2.05, 4.69) is 11.2 Å². The summed E-state index contributed by atoms with van der Waals surface area (Å²) >= 11 is 1.52. The van der Waals surface area contributed by atoms with Crippen molar-refractivity contribution in [1.29, 1.82) is 0 Å². The molecule has 2 nitrogen and oxygen atoms in total. The van der Waals surface area contributed by atoms with Crippen LogP contribution in [-0.4, -0.2) is 24.0 Å². The van der Waals surface area contributed by atoms with Crippen LogP contribution >= 0.6 is 11.8 Å². The molecule has 0 rings (SSSR count). The van der Waals surface area contributed by atoms with Crippen molar-refractivity contribution in [3.63, 3.8) is 0 Å². The van der Waals surface area contributed by atoms with Crippen LogP contribution in [0.15, 0.2) is 0 Å². The zero-order valence-electron chi connectivity index (χ0n) is 7.59. The van der Waals surface area contributed by atoms with Crippen molar-refractivity contribution in [2.75, 3.05) is 12.0 Å². The number of carbonyl (C=O) groups is 1. The van der Waals surface area contributed by atoms with Crippen LogP contribution in [0.1, 0.15) is 19.8 Å². The lowest BCUT2D eigenvalue weighted by molar-refractivity contribution is -0.119. The van der Waals surface area contributed by atoms with E-state index in [1.54, 1.807) is 0 Å². The van der Waals surface area contributed by atoms with Crippen molar-refractivity contribution in [3.05, 3.63) is 0 Å². The lowest BCUT2D eigenvalue weighted by Gasteiger charge is -2.13. The fourth-order valence-corrected chi connectivity index (χ4v) is 1.19. The topological polar surface area (TPSA) is 29.1 Å². The highest BCUT2D eigenvalue weighted by Crippen LogP contribution is 1.97. The third kappa shape index (κ3) is 5.09. The Bertz CT molecular complexity index is 174. The first-order valence-corrected chi connectivity index (χ1v) is 5.35. The van der Waals surface area contributed by atoms with Crippen LogP contribution in [0.3, 0.4) is 0 Å². The van der Waals surface area contributed by atoms with Gasteiger partial charge < -0.3 is 5.32 Å². The number of amides is 1. The zero-order chi connectivity index (χ0) is 9.40. The van der Waals surface area contributed by atoms with Gasteiger partial charge in [-0.2, -0.15) is 11.8 Å². The third-order valence-electron chi connectivity index (χ3n) is 1.50. The maximum Gasteiger partial charge on any atom is 0.230 e. The van der Waals surface area contributed by atoms with E-state index in [-0.39, 0.29) is 11.9 Å². The standard InChI is InChI=1S/C9H15NOS/c1-4-6-8(5-2)10-9(11)7-12-3/h1,8H,5-7H2,2-3H3,(H,10,11). The summed E-state index contributed by atoms with van der Waals surface area (Å²) in [5.74, 6) is 3.13. The molecule has 1 atom stereocenters. The van der Waals surface area contributed by atoms with Gasteiger partial charge in [0.05, 0.1) is 5.75 Å². The molecule has 68 valence electrons. The number of terminal acetylenes is 1. The van der Waals surface area contributed by atoms with Crippen molar-refractivity contribution in [2.45, 2.75) is 25.8 Å². The van der Waals surface area contributed by atoms with Gasteiger partial charge in [-0.15, -0.1) is 12.3 Å². The summed E-state index contributed by atoms with van der Waals surface area (Å²) in [6.45, 7) is 2.02. The highest BCUT2D eigenvalue weighted by atomic mass is 32.2. The molecule has 0 aliphatic rings. The molecule has 0 aliphatic heterocycles. The Morgan fingerprint density at radius 1 is 1.75 bits per heavy atom. The number of hydrogen-bond acceptors (Lipinski definition) is 2.